The average Bonchev–Trinajstić information content (AvgIpc) is 2.99. The van der Waals surface area contributed by atoms with Crippen molar-refractivity contribution in [1.29, 1.82) is 0 Å². The first-order valence-corrected chi connectivity index (χ1v) is 7.70. The Labute approximate surface area is 130 Å². The van der Waals surface area contributed by atoms with E-state index in [4.69, 9.17) is 0 Å². The van der Waals surface area contributed by atoms with Gasteiger partial charge in [-0.3, -0.25) is 10.1 Å². The number of hydrogen-bond acceptors (Lipinski definition) is 3. The van der Waals surface area contributed by atoms with E-state index in [1.165, 1.54) is 4.90 Å². The zero-order valence-corrected chi connectivity index (χ0v) is 13.0. The third-order valence-corrected chi connectivity index (χ3v) is 4.45. The van der Waals surface area contributed by atoms with Crippen LogP contribution in [0.25, 0.3) is 0 Å². The molecule has 0 spiro atoms. The molecule has 0 bridgehead atoms. The van der Waals surface area contributed by atoms with Crippen LogP contribution in [-0.2, 0) is 4.79 Å². The average molecular weight is 302 g/mol. The van der Waals surface area contributed by atoms with Crippen molar-refractivity contribution in [2.24, 2.45) is 0 Å². The summed E-state index contributed by atoms with van der Waals surface area (Å²) >= 11 is 0. The second kappa shape index (κ2) is 5.96. The van der Waals surface area contributed by atoms with Crippen molar-refractivity contribution < 1.29 is 9.59 Å². The number of rotatable bonds is 2. The molecule has 1 aromatic rings. The van der Waals surface area contributed by atoms with Crippen LogP contribution in [0, 0.1) is 6.92 Å². The van der Waals surface area contributed by atoms with Crippen LogP contribution in [0.4, 0.5) is 10.5 Å². The fraction of sp³-hybridized carbons (Fsp3) is 0.500. The highest BCUT2D eigenvalue weighted by atomic mass is 16.2. The van der Waals surface area contributed by atoms with Crippen LogP contribution in [0.3, 0.4) is 0 Å². The summed E-state index contributed by atoms with van der Waals surface area (Å²) in [5.74, 6) is -0.00435. The van der Waals surface area contributed by atoms with Gasteiger partial charge in [0.15, 0.2) is 6.17 Å². The van der Waals surface area contributed by atoms with Crippen LogP contribution in [-0.4, -0.2) is 54.1 Å². The molecular formula is C16H22N4O2. The molecule has 6 nitrogen and oxygen atoms in total. The predicted molar refractivity (Wildman–Crippen MR) is 84.5 cm³/mol. The standard InChI is InChI=1S/C16H22N4O2/c1-11-5-7-12(8-6-11)18-16(22)19(2)14-15(21)20-9-3-4-13(20)10-17-14/h5-8,13-14,17H,3-4,9-10H2,1-2H3,(H,18,22). The number of carbonyl (C=O) groups is 2. The second-order valence-corrected chi connectivity index (χ2v) is 6.05. The zero-order chi connectivity index (χ0) is 15.7. The summed E-state index contributed by atoms with van der Waals surface area (Å²) in [7, 11) is 1.65. The van der Waals surface area contributed by atoms with Crippen molar-refractivity contribution in [3.05, 3.63) is 29.8 Å². The first-order chi connectivity index (χ1) is 10.6. The molecule has 2 heterocycles. The van der Waals surface area contributed by atoms with E-state index in [9.17, 15) is 9.59 Å². The fourth-order valence-electron chi connectivity index (χ4n) is 3.10. The van der Waals surface area contributed by atoms with Gasteiger partial charge in [0.05, 0.1) is 0 Å². The number of carbonyl (C=O) groups excluding carboxylic acids is 2. The maximum absolute atomic E-state index is 12.5. The minimum atomic E-state index is -0.584. The Balaban J connectivity index is 1.65. The number of aryl methyl sites for hydroxylation is 1. The highest BCUT2D eigenvalue weighted by Crippen LogP contribution is 2.22. The van der Waals surface area contributed by atoms with E-state index in [0.29, 0.717) is 0 Å². The van der Waals surface area contributed by atoms with Gasteiger partial charge in [-0.2, -0.15) is 0 Å². The van der Waals surface area contributed by atoms with E-state index in [2.05, 4.69) is 10.6 Å². The van der Waals surface area contributed by atoms with Gasteiger partial charge in [0.25, 0.3) is 5.91 Å². The second-order valence-electron chi connectivity index (χ2n) is 6.05. The van der Waals surface area contributed by atoms with Crippen LogP contribution in [0.15, 0.2) is 24.3 Å². The number of nitrogens with zero attached hydrogens (tertiary/aromatic N) is 2. The number of amides is 3. The van der Waals surface area contributed by atoms with Crippen LogP contribution in [0.1, 0.15) is 18.4 Å². The number of anilines is 1. The quantitative estimate of drug-likeness (QED) is 0.867. The van der Waals surface area contributed by atoms with E-state index < -0.39 is 6.17 Å². The number of hydrogen-bond donors (Lipinski definition) is 2. The molecule has 1 aromatic carbocycles. The lowest BCUT2D eigenvalue weighted by molar-refractivity contribution is -0.140. The summed E-state index contributed by atoms with van der Waals surface area (Å²) in [6.07, 6.45) is 1.51. The summed E-state index contributed by atoms with van der Waals surface area (Å²) in [4.78, 5) is 28.2. The van der Waals surface area contributed by atoms with Crippen molar-refractivity contribution in [1.82, 2.24) is 15.1 Å². The molecule has 2 N–H and O–H groups in total. The number of fused-ring (bicyclic) bond motifs is 1. The number of benzene rings is 1. The zero-order valence-electron chi connectivity index (χ0n) is 13.0. The maximum atomic E-state index is 12.5. The minimum Gasteiger partial charge on any atom is -0.335 e. The summed E-state index contributed by atoms with van der Waals surface area (Å²) in [5.41, 5.74) is 1.86. The Kier molecular flexibility index (Phi) is 4.02. The third-order valence-electron chi connectivity index (χ3n) is 4.45. The van der Waals surface area contributed by atoms with E-state index in [1.807, 2.05) is 36.1 Å². The van der Waals surface area contributed by atoms with Gasteiger partial charge in [0, 0.05) is 31.9 Å². The van der Waals surface area contributed by atoms with E-state index >= 15 is 0 Å². The van der Waals surface area contributed by atoms with Gasteiger partial charge in [-0.25, -0.2) is 4.79 Å². The SMILES string of the molecule is Cc1ccc(NC(=O)N(C)C2NCC3CCCN3C2=O)cc1. The molecule has 3 amide bonds. The third kappa shape index (κ3) is 2.78. The number of likely N-dealkylation sites (N-methyl/N-ethyl adjacent to an activating group) is 1. The Morgan fingerprint density at radius 1 is 1.36 bits per heavy atom. The highest BCUT2D eigenvalue weighted by molar-refractivity contribution is 5.93. The van der Waals surface area contributed by atoms with E-state index in [-0.39, 0.29) is 18.0 Å². The van der Waals surface area contributed by atoms with Crippen molar-refractivity contribution in [2.45, 2.75) is 32.0 Å². The fourth-order valence-corrected chi connectivity index (χ4v) is 3.10. The van der Waals surface area contributed by atoms with Crippen LogP contribution < -0.4 is 10.6 Å². The van der Waals surface area contributed by atoms with Gasteiger partial charge in [0.1, 0.15) is 0 Å². The number of piperazine rings is 1. The van der Waals surface area contributed by atoms with Gasteiger partial charge in [-0.1, -0.05) is 17.7 Å². The smallest absolute Gasteiger partial charge is 0.323 e. The van der Waals surface area contributed by atoms with Crippen molar-refractivity contribution in [3.63, 3.8) is 0 Å². The van der Waals surface area contributed by atoms with Crippen molar-refractivity contribution in [3.8, 4) is 0 Å². The van der Waals surface area contributed by atoms with Crippen LogP contribution >= 0.6 is 0 Å². The summed E-state index contributed by atoms with van der Waals surface area (Å²) in [6.45, 7) is 3.54. The minimum absolute atomic E-state index is 0.00435. The molecule has 22 heavy (non-hydrogen) atoms. The molecule has 2 aliphatic rings. The Hall–Kier alpha value is -2.08. The molecule has 3 rings (SSSR count). The molecule has 2 atom stereocenters. The Morgan fingerprint density at radius 2 is 2.09 bits per heavy atom. The molecule has 0 aromatic heterocycles. The van der Waals surface area contributed by atoms with Crippen LogP contribution in [0.2, 0.25) is 0 Å². The molecule has 0 radical (unpaired) electrons. The molecule has 118 valence electrons. The van der Waals surface area contributed by atoms with Gasteiger partial charge < -0.3 is 15.1 Å². The number of nitrogens with one attached hydrogen (secondary N) is 2. The lowest BCUT2D eigenvalue weighted by Gasteiger charge is -2.39. The van der Waals surface area contributed by atoms with Gasteiger partial charge in [-0.15, -0.1) is 0 Å². The van der Waals surface area contributed by atoms with E-state index in [1.54, 1.807) is 7.05 Å². The van der Waals surface area contributed by atoms with Gasteiger partial charge >= 0.3 is 6.03 Å². The summed E-state index contributed by atoms with van der Waals surface area (Å²) in [6, 6.07) is 7.59. The van der Waals surface area contributed by atoms with E-state index in [0.717, 1.165) is 37.2 Å². The molecule has 2 fully saturated rings. The molecule has 2 aliphatic heterocycles. The Morgan fingerprint density at radius 3 is 2.82 bits per heavy atom. The molecule has 0 aliphatic carbocycles. The summed E-state index contributed by atoms with van der Waals surface area (Å²) in [5, 5.41) is 6.01. The first-order valence-electron chi connectivity index (χ1n) is 7.70. The van der Waals surface area contributed by atoms with Gasteiger partial charge in [0.2, 0.25) is 0 Å². The normalized spacial score (nSPS) is 24.1. The lowest BCUT2D eigenvalue weighted by Crippen LogP contribution is -2.64. The predicted octanol–water partition coefficient (Wildman–Crippen LogP) is 1.38. The molecule has 2 saturated heterocycles. The summed E-state index contributed by atoms with van der Waals surface area (Å²) < 4.78 is 0. The highest BCUT2D eigenvalue weighted by Gasteiger charge is 2.40. The van der Waals surface area contributed by atoms with Gasteiger partial charge in [-0.05, 0) is 31.9 Å². The van der Waals surface area contributed by atoms with Crippen molar-refractivity contribution in [2.75, 3.05) is 25.5 Å². The monoisotopic (exact) mass is 302 g/mol. The Bertz CT molecular complexity index is 572. The maximum Gasteiger partial charge on any atom is 0.323 e. The molecule has 0 saturated carbocycles. The topological polar surface area (TPSA) is 64.7 Å². The van der Waals surface area contributed by atoms with Crippen molar-refractivity contribution >= 4 is 17.6 Å². The first kappa shape index (κ1) is 14.8. The molecular weight excluding hydrogens is 280 g/mol. The molecule has 6 heteroatoms. The van der Waals surface area contributed by atoms with Crippen LogP contribution in [0.5, 0.6) is 0 Å². The largest absolute Gasteiger partial charge is 0.335 e. The molecule has 2 unspecified atom stereocenters. The lowest BCUT2D eigenvalue weighted by atomic mass is 10.1. The number of urea groups is 1.